The van der Waals surface area contributed by atoms with Gasteiger partial charge in [-0.3, -0.25) is 9.59 Å². The quantitative estimate of drug-likeness (QED) is 0.684. The molecule has 0 aromatic rings. The second-order valence-corrected chi connectivity index (χ2v) is 8.42. The van der Waals surface area contributed by atoms with E-state index in [1.807, 2.05) is 37.4 Å². The molecule has 1 fully saturated rings. The maximum Gasteiger partial charge on any atom is 0.226 e. The van der Waals surface area contributed by atoms with E-state index in [1.165, 1.54) is 12.8 Å². The summed E-state index contributed by atoms with van der Waals surface area (Å²) in [5.41, 5.74) is 0. The van der Waals surface area contributed by atoms with E-state index >= 15 is 0 Å². The van der Waals surface area contributed by atoms with E-state index < -0.39 is 0 Å². The highest BCUT2D eigenvalue weighted by atomic mass is 32.2. The zero-order valence-electron chi connectivity index (χ0n) is 14.2. The number of hydrogen-bond donors (Lipinski definition) is 0. The Morgan fingerprint density at radius 1 is 1.10 bits per heavy atom. The first-order valence-corrected chi connectivity index (χ1v) is 9.32. The number of rotatable bonds is 8. The van der Waals surface area contributed by atoms with Crippen LogP contribution in [-0.4, -0.2) is 40.2 Å². The minimum absolute atomic E-state index is 0.00189. The Hall–Kier alpha value is -0.510. The third-order valence-electron chi connectivity index (χ3n) is 4.12. The zero-order valence-corrected chi connectivity index (χ0v) is 15.0. The molecule has 0 aromatic carbocycles. The van der Waals surface area contributed by atoms with E-state index in [0.29, 0.717) is 11.8 Å². The van der Waals surface area contributed by atoms with Crippen LogP contribution in [-0.2, 0) is 9.59 Å². The number of ketones is 1. The second kappa shape index (κ2) is 8.82. The van der Waals surface area contributed by atoms with Crippen molar-refractivity contribution in [3.63, 3.8) is 0 Å². The van der Waals surface area contributed by atoms with Gasteiger partial charge in [-0.25, -0.2) is 0 Å². The highest BCUT2D eigenvalue weighted by molar-refractivity contribution is 7.99. The number of hydrogen-bond acceptors (Lipinski definition) is 3. The molecular weight excluding hydrogens is 282 g/mol. The van der Waals surface area contributed by atoms with E-state index in [2.05, 4.69) is 13.8 Å². The van der Waals surface area contributed by atoms with Crippen molar-refractivity contribution in [3.05, 3.63) is 0 Å². The molecule has 122 valence electrons. The van der Waals surface area contributed by atoms with Crippen LogP contribution in [0.2, 0.25) is 0 Å². The largest absolute Gasteiger partial charge is 0.332 e. The molecule has 0 aromatic heterocycles. The Morgan fingerprint density at radius 2 is 1.67 bits per heavy atom. The number of Topliss-reactive ketones (excluding diaryl/α,β-unsaturated/α-hetero) is 1. The lowest BCUT2D eigenvalue weighted by atomic mass is 10.0. The summed E-state index contributed by atoms with van der Waals surface area (Å²) >= 11 is 1.82. The minimum Gasteiger partial charge on any atom is -0.332 e. The van der Waals surface area contributed by atoms with E-state index in [-0.39, 0.29) is 29.6 Å². The highest BCUT2D eigenvalue weighted by Gasteiger charge is 2.31. The van der Waals surface area contributed by atoms with Crippen LogP contribution in [0.3, 0.4) is 0 Å². The maximum atomic E-state index is 12.8. The molecule has 3 nitrogen and oxygen atoms in total. The molecule has 0 N–H and O–H groups in total. The summed E-state index contributed by atoms with van der Waals surface area (Å²) in [6.07, 6.45) is 4.47. The first kappa shape index (κ1) is 18.5. The van der Waals surface area contributed by atoms with E-state index in [4.69, 9.17) is 0 Å². The smallest absolute Gasteiger partial charge is 0.226 e. The molecule has 21 heavy (non-hydrogen) atoms. The predicted octanol–water partition coefficient (Wildman–Crippen LogP) is 3.76. The molecule has 1 atom stereocenters. The van der Waals surface area contributed by atoms with Crippen molar-refractivity contribution in [2.45, 2.75) is 71.6 Å². The van der Waals surface area contributed by atoms with Crippen molar-refractivity contribution < 1.29 is 9.59 Å². The molecule has 0 unspecified atom stereocenters. The maximum absolute atomic E-state index is 12.8. The van der Waals surface area contributed by atoms with Gasteiger partial charge in [-0.15, -0.1) is 0 Å². The number of nitrogens with zero attached hydrogens (tertiary/aromatic N) is 1. The SMILES string of the molecule is CC(C)SC[C@@H](C)C(=O)N(CC(=O)C(C)C)C1CCCC1. The molecule has 0 bridgehead atoms. The summed E-state index contributed by atoms with van der Waals surface area (Å²) in [4.78, 5) is 26.8. The lowest BCUT2D eigenvalue weighted by Crippen LogP contribution is -2.46. The highest BCUT2D eigenvalue weighted by Crippen LogP contribution is 2.26. The molecular formula is C17H31NO2S. The molecule has 0 saturated heterocycles. The van der Waals surface area contributed by atoms with Gasteiger partial charge in [0.1, 0.15) is 0 Å². The van der Waals surface area contributed by atoms with Gasteiger partial charge in [-0.1, -0.05) is 47.5 Å². The summed E-state index contributed by atoms with van der Waals surface area (Å²) in [5.74, 6) is 1.19. The predicted molar refractivity (Wildman–Crippen MR) is 90.6 cm³/mol. The van der Waals surface area contributed by atoms with Crippen LogP contribution >= 0.6 is 11.8 Å². The Balaban J connectivity index is 2.70. The third-order valence-corrected chi connectivity index (χ3v) is 5.48. The fraction of sp³-hybridized carbons (Fsp3) is 0.882. The van der Waals surface area contributed by atoms with Gasteiger partial charge in [-0.2, -0.15) is 11.8 Å². The molecule has 1 rings (SSSR count). The number of thioether (sulfide) groups is 1. The first-order chi connectivity index (χ1) is 9.82. The van der Waals surface area contributed by atoms with Crippen LogP contribution in [0.15, 0.2) is 0 Å². The molecule has 0 heterocycles. The Kier molecular flexibility index (Phi) is 7.78. The van der Waals surface area contributed by atoms with Gasteiger partial charge in [-0.05, 0) is 18.1 Å². The standard InChI is InChI=1S/C17H31NO2S/c1-12(2)16(19)10-18(15-8-6-7-9-15)17(20)14(5)11-21-13(3)4/h12-15H,6-11H2,1-5H3/t14-/m1/s1. The fourth-order valence-electron chi connectivity index (χ4n) is 2.64. The summed E-state index contributed by atoms with van der Waals surface area (Å²) in [6.45, 7) is 10.4. The Bertz CT molecular complexity index is 349. The van der Waals surface area contributed by atoms with Crippen LogP contribution < -0.4 is 0 Å². The molecule has 1 saturated carbocycles. The third kappa shape index (κ3) is 6.01. The van der Waals surface area contributed by atoms with Gasteiger partial charge in [0.05, 0.1) is 6.54 Å². The molecule has 0 aliphatic heterocycles. The van der Waals surface area contributed by atoms with Gasteiger partial charge < -0.3 is 4.90 Å². The average molecular weight is 314 g/mol. The van der Waals surface area contributed by atoms with Gasteiger partial charge in [0, 0.05) is 23.6 Å². The Morgan fingerprint density at radius 3 is 2.14 bits per heavy atom. The normalized spacial score (nSPS) is 17.5. The van der Waals surface area contributed by atoms with E-state index in [0.717, 1.165) is 18.6 Å². The number of amides is 1. The van der Waals surface area contributed by atoms with Gasteiger partial charge in [0.2, 0.25) is 5.91 Å². The summed E-state index contributed by atoms with van der Waals surface area (Å²) < 4.78 is 0. The number of carbonyl (C=O) groups is 2. The van der Waals surface area contributed by atoms with Gasteiger partial charge in [0.15, 0.2) is 5.78 Å². The molecule has 0 spiro atoms. The van der Waals surface area contributed by atoms with Crippen molar-refractivity contribution in [1.82, 2.24) is 4.90 Å². The van der Waals surface area contributed by atoms with Crippen LogP contribution in [0.1, 0.15) is 60.3 Å². The molecule has 0 radical (unpaired) electrons. The minimum atomic E-state index is -0.00189. The van der Waals surface area contributed by atoms with Crippen molar-refractivity contribution >= 4 is 23.5 Å². The molecule has 1 aliphatic carbocycles. The van der Waals surface area contributed by atoms with Crippen molar-refractivity contribution in [2.75, 3.05) is 12.3 Å². The fourth-order valence-corrected chi connectivity index (χ4v) is 3.46. The van der Waals surface area contributed by atoms with Crippen molar-refractivity contribution in [2.24, 2.45) is 11.8 Å². The second-order valence-electron chi connectivity index (χ2n) is 6.81. The monoisotopic (exact) mass is 313 g/mol. The lowest BCUT2D eigenvalue weighted by molar-refractivity contribution is -0.141. The molecule has 1 amide bonds. The van der Waals surface area contributed by atoms with Crippen LogP contribution in [0.5, 0.6) is 0 Å². The van der Waals surface area contributed by atoms with Crippen LogP contribution in [0.25, 0.3) is 0 Å². The first-order valence-electron chi connectivity index (χ1n) is 8.27. The zero-order chi connectivity index (χ0) is 16.0. The lowest BCUT2D eigenvalue weighted by Gasteiger charge is -2.31. The van der Waals surface area contributed by atoms with Crippen molar-refractivity contribution in [3.8, 4) is 0 Å². The summed E-state index contributed by atoms with van der Waals surface area (Å²) in [6, 6.07) is 0.284. The molecule has 1 aliphatic rings. The van der Waals surface area contributed by atoms with E-state index in [9.17, 15) is 9.59 Å². The van der Waals surface area contributed by atoms with Gasteiger partial charge >= 0.3 is 0 Å². The average Bonchev–Trinajstić information content (AvgIpc) is 2.94. The van der Waals surface area contributed by atoms with Crippen molar-refractivity contribution in [1.29, 1.82) is 0 Å². The Labute approximate surface area is 134 Å². The molecule has 4 heteroatoms. The van der Waals surface area contributed by atoms with Crippen LogP contribution in [0, 0.1) is 11.8 Å². The number of carbonyl (C=O) groups excluding carboxylic acids is 2. The summed E-state index contributed by atoms with van der Waals surface area (Å²) in [5, 5.41) is 0.539. The van der Waals surface area contributed by atoms with Gasteiger partial charge in [0.25, 0.3) is 0 Å². The van der Waals surface area contributed by atoms with E-state index in [1.54, 1.807) is 0 Å². The topological polar surface area (TPSA) is 37.4 Å². The van der Waals surface area contributed by atoms with Crippen LogP contribution in [0.4, 0.5) is 0 Å². The summed E-state index contributed by atoms with van der Waals surface area (Å²) in [7, 11) is 0.